The van der Waals surface area contributed by atoms with E-state index < -0.39 is 10.4 Å². The van der Waals surface area contributed by atoms with Gasteiger partial charge in [-0.2, -0.15) is 8.42 Å². The minimum Gasteiger partial charge on any atom is -0.327 e. The lowest BCUT2D eigenvalue weighted by molar-refractivity contribution is 0.281. The molecule has 22 heavy (non-hydrogen) atoms. The average molecular weight is 344 g/mol. The van der Waals surface area contributed by atoms with E-state index in [9.17, 15) is 8.42 Å². The number of halogens is 1. The summed E-state index contributed by atoms with van der Waals surface area (Å²) in [5.74, 6) is 1.14. The van der Waals surface area contributed by atoms with Crippen LogP contribution in [-0.2, 0) is 21.2 Å². The Labute approximate surface area is 132 Å². The van der Waals surface area contributed by atoms with Crippen molar-refractivity contribution in [2.24, 2.45) is 5.16 Å². The molecule has 0 radical (unpaired) electrons. The maximum atomic E-state index is 10.7. The molecule has 9 heteroatoms. The lowest BCUT2D eigenvalue weighted by Crippen LogP contribution is -2.18. The molecule has 2 aromatic rings. The third-order valence-electron chi connectivity index (χ3n) is 3.52. The highest BCUT2D eigenvalue weighted by molar-refractivity contribution is 7.80. The van der Waals surface area contributed by atoms with Crippen LogP contribution < -0.4 is 0 Å². The molecular weight excluding hydrogens is 330 g/mol. The molecule has 3 rings (SSSR count). The van der Waals surface area contributed by atoms with Crippen molar-refractivity contribution in [1.29, 1.82) is 0 Å². The van der Waals surface area contributed by atoms with E-state index in [2.05, 4.69) is 19.0 Å². The quantitative estimate of drug-likeness (QED) is 0.683. The molecule has 0 aliphatic carbocycles. The van der Waals surface area contributed by atoms with Crippen molar-refractivity contribution in [3.63, 3.8) is 0 Å². The highest BCUT2D eigenvalue weighted by Gasteiger charge is 2.25. The Morgan fingerprint density at radius 1 is 1.45 bits per heavy atom. The molecule has 2 heterocycles. The maximum absolute atomic E-state index is 10.7. The predicted molar refractivity (Wildman–Crippen MR) is 82.6 cm³/mol. The Hall–Kier alpha value is -1.64. The second kappa shape index (κ2) is 5.22. The molecule has 0 spiro atoms. The summed E-state index contributed by atoms with van der Waals surface area (Å²) in [4.78, 5) is 4.59. The molecule has 0 fully saturated rings. The Balaban J connectivity index is 2.22. The molecule has 0 atom stereocenters. The van der Waals surface area contributed by atoms with E-state index >= 15 is 0 Å². The summed E-state index contributed by atoms with van der Waals surface area (Å²) >= 11 is 6.21. The summed E-state index contributed by atoms with van der Waals surface area (Å²) in [6, 6.07) is 3.44. The molecular formula is C13H14ClN3O4S. The van der Waals surface area contributed by atoms with E-state index in [0.717, 1.165) is 11.3 Å². The van der Waals surface area contributed by atoms with Gasteiger partial charge in [0.05, 0.1) is 16.3 Å². The fourth-order valence-electron chi connectivity index (χ4n) is 2.66. The van der Waals surface area contributed by atoms with Crippen molar-refractivity contribution in [3.8, 4) is 0 Å². The molecule has 0 saturated heterocycles. The molecule has 1 aliphatic heterocycles. The molecule has 0 amide bonds. The number of hydrogen-bond acceptors (Lipinski definition) is 5. The first-order chi connectivity index (χ1) is 10.3. The van der Waals surface area contributed by atoms with Gasteiger partial charge in [0.25, 0.3) is 0 Å². The topological polar surface area (TPSA) is 93.8 Å². The second-order valence-corrected chi connectivity index (χ2v) is 6.77. The number of hydrogen-bond donors (Lipinski definition) is 1. The van der Waals surface area contributed by atoms with E-state index in [1.807, 2.05) is 13.8 Å². The third kappa shape index (κ3) is 2.57. The van der Waals surface area contributed by atoms with E-state index in [1.54, 1.807) is 12.1 Å². The molecule has 1 aromatic heterocycles. The van der Waals surface area contributed by atoms with Crippen molar-refractivity contribution in [3.05, 3.63) is 28.5 Å². The fourth-order valence-corrected chi connectivity index (χ4v) is 3.04. The standard InChI is InChI=1S/C13H14ClN3O4S/c1-7(2)13-15-11-9(14)4-3-8-10(16-21-22(18,19)20)5-6-17(13)12(8)11/h3-4,7H,5-6H2,1-2H3,(H,18,19,20)/b16-10+. The number of imidazole rings is 1. The van der Waals surface area contributed by atoms with Gasteiger partial charge in [-0.25, -0.2) is 9.27 Å². The van der Waals surface area contributed by atoms with Gasteiger partial charge in [0.1, 0.15) is 11.3 Å². The molecule has 1 N–H and O–H groups in total. The van der Waals surface area contributed by atoms with Gasteiger partial charge in [-0.1, -0.05) is 30.6 Å². The first-order valence-electron chi connectivity index (χ1n) is 6.70. The van der Waals surface area contributed by atoms with Crippen LogP contribution >= 0.6 is 11.6 Å². The monoisotopic (exact) mass is 343 g/mol. The van der Waals surface area contributed by atoms with Crippen molar-refractivity contribution in [2.75, 3.05) is 0 Å². The minimum atomic E-state index is -4.62. The highest BCUT2D eigenvalue weighted by Crippen LogP contribution is 2.33. The van der Waals surface area contributed by atoms with Crippen LogP contribution in [0, 0.1) is 0 Å². The first kappa shape index (κ1) is 15.3. The van der Waals surface area contributed by atoms with Crippen LogP contribution in [-0.4, -0.2) is 28.2 Å². The van der Waals surface area contributed by atoms with Crippen molar-refractivity contribution >= 4 is 38.7 Å². The largest absolute Gasteiger partial charge is 0.466 e. The van der Waals surface area contributed by atoms with E-state index in [-0.39, 0.29) is 5.92 Å². The molecule has 1 aliphatic rings. The average Bonchev–Trinajstić information content (AvgIpc) is 2.82. The Bertz CT molecular complexity index is 886. The number of benzene rings is 1. The summed E-state index contributed by atoms with van der Waals surface area (Å²) in [7, 11) is -4.62. The lowest BCUT2D eigenvalue weighted by Gasteiger charge is -2.19. The zero-order chi connectivity index (χ0) is 16.1. The smallest absolute Gasteiger partial charge is 0.327 e. The van der Waals surface area contributed by atoms with Gasteiger partial charge in [-0.15, -0.1) is 0 Å². The van der Waals surface area contributed by atoms with Crippen molar-refractivity contribution in [1.82, 2.24) is 9.55 Å². The number of aromatic nitrogens is 2. The van der Waals surface area contributed by atoms with Crippen LogP contribution in [0.25, 0.3) is 11.0 Å². The summed E-state index contributed by atoms with van der Waals surface area (Å²) in [5, 5.41) is 4.08. The lowest BCUT2D eigenvalue weighted by atomic mass is 10.0. The summed E-state index contributed by atoms with van der Waals surface area (Å²) in [6.07, 6.45) is 0.468. The van der Waals surface area contributed by atoms with Gasteiger partial charge in [0, 0.05) is 24.4 Å². The summed E-state index contributed by atoms with van der Waals surface area (Å²) in [6.45, 7) is 4.68. The molecule has 7 nitrogen and oxygen atoms in total. The predicted octanol–water partition coefficient (Wildman–Crippen LogP) is 2.74. The van der Waals surface area contributed by atoms with Crippen molar-refractivity contribution < 1.29 is 17.3 Å². The van der Waals surface area contributed by atoms with Crippen molar-refractivity contribution in [2.45, 2.75) is 32.7 Å². The zero-order valence-corrected chi connectivity index (χ0v) is 13.5. The molecule has 0 bridgehead atoms. The maximum Gasteiger partial charge on any atom is 0.466 e. The van der Waals surface area contributed by atoms with Crippen LogP contribution in [0.2, 0.25) is 5.02 Å². The normalized spacial score (nSPS) is 16.7. The van der Waals surface area contributed by atoms with Crippen LogP contribution in [0.5, 0.6) is 0 Å². The Morgan fingerprint density at radius 2 is 2.18 bits per heavy atom. The third-order valence-corrected chi connectivity index (χ3v) is 4.08. The number of aryl methyl sites for hydroxylation is 1. The van der Waals surface area contributed by atoms with Crippen LogP contribution in [0.15, 0.2) is 17.3 Å². The Morgan fingerprint density at radius 3 is 2.82 bits per heavy atom. The van der Waals surface area contributed by atoms with Gasteiger partial charge < -0.3 is 4.57 Å². The van der Waals surface area contributed by atoms with Gasteiger partial charge in [0.15, 0.2) is 0 Å². The second-order valence-electron chi connectivity index (χ2n) is 5.36. The van der Waals surface area contributed by atoms with Gasteiger partial charge in [-0.3, -0.25) is 4.55 Å². The van der Waals surface area contributed by atoms with Crippen LogP contribution in [0.4, 0.5) is 0 Å². The fraction of sp³-hybridized carbons (Fsp3) is 0.385. The van der Waals surface area contributed by atoms with Crippen LogP contribution in [0.1, 0.15) is 37.6 Å². The van der Waals surface area contributed by atoms with E-state index in [4.69, 9.17) is 16.2 Å². The number of nitrogens with zero attached hydrogens (tertiary/aromatic N) is 3. The SMILES string of the molecule is CC(C)c1nc2c(Cl)ccc3c2n1CC/C3=N\OS(=O)(=O)O. The van der Waals surface area contributed by atoms with Crippen LogP contribution in [0.3, 0.4) is 0 Å². The molecule has 118 valence electrons. The molecule has 0 saturated carbocycles. The minimum absolute atomic E-state index is 0.226. The number of rotatable bonds is 3. The summed E-state index contributed by atoms with van der Waals surface area (Å²) in [5.41, 5.74) is 2.60. The van der Waals surface area contributed by atoms with Gasteiger partial charge in [-0.05, 0) is 12.1 Å². The summed E-state index contributed by atoms with van der Waals surface area (Å²) < 4.78 is 36.3. The van der Waals surface area contributed by atoms with Gasteiger partial charge >= 0.3 is 10.4 Å². The molecule has 0 unspecified atom stereocenters. The number of oxime groups is 1. The van der Waals surface area contributed by atoms with Gasteiger partial charge in [0.2, 0.25) is 0 Å². The van der Waals surface area contributed by atoms with E-state index in [0.29, 0.717) is 34.8 Å². The first-order valence-corrected chi connectivity index (χ1v) is 8.44. The molecule has 1 aromatic carbocycles. The zero-order valence-electron chi connectivity index (χ0n) is 11.9. The Kier molecular flexibility index (Phi) is 3.62. The van der Waals surface area contributed by atoms with E-state index in [1.165, 1.54) is 0 Å². The highest BCUT2D eigenvalue weighted by atomic mass is 35.5.